The second-order valence-corrected chi connectivity index (χ2v) is 6.68. The summed E-state index contributed by atoms with van der Waals surface area (Å²) >= 11 is 3.24. The third kappa shape index (κ3) is 3.27. The number of nitrogens with one attached hydrogen (secondary N) is 2. The number of benzene rings is 1. The molecule has 0 saturated heterocycles. The van der Waals surface area contributed by atoms with Crippen LogP contribution in [-0.2, 0) is 10.0 Å². The molecule has 0 radical (unpaired) electrons. The van der Waals surface area contributed by atoms with Crippen LogP contribution in [0.25, 0.3) is 0 Å². The third-order valence-corrected chi connectivity index (χ3v) is 4.04. The molecular weight excluding hydrogens is 346 g/mol. The molecule has 0 aliphatic carbocycles. The van der Waals surface area contributed by atoms with E-state index in [4.69, 9.17) is 5.14 Å². The van der Waals surface area contributed by atoms with Crippen LogP contribution >= 0.6 is 15.9 Å². The molecule has 0 atom stereocenters. The first-order chi connectivity index (χ1) is 9.27. The van der Waals surface area contributed by atoms with Crippen LogP contribution in [0.5, 0.6) is 0 Å². The minimum atomic E-state index is -3.74. The van der Waals surface area contributed by atoms with E-state index in [2.05, 4.69) is 26.2 Å². The molecule has 0 unspecified atom stereocenters. The molecule has 2 aromatic rings. The lowest BCUT2D eigenvalue weighted by atomic mass is 10.2. The van der Waals surface area contributed by atoms with E-state index in [1.165, 1.54) is 18.2 Å². The van der Waals surface area contributed by atoms with E-state index in [0.29, 0.717) is 16.9 Å². The fourth-order valence-electron chi connectivity index (χ4n) is 1.64. The smallest absolute Gasteiger partial charge is 0.272 e. The zero-order valence-electron chi connectivity index (χ0n) is 10.5. The molecule has 0 fully saturated rings. The Balaban J connectivity index is 2.25. The van der Waals surface area contributed by atoms with Crippen molar-refractivity contribution < 1.29 is 13.2 Å². The molecule has 0 aliphatic heterocycles. The molecule has 0 spiro atoms. The van der Waals surface area contributed by atoms with E-state index in [1.54, 1.807) is 19.2 Å². The Hall–Kier alpha value is -1.64. The van der Waals surface area contributed by atoms with Crippen LogP contribution in [-0.4, -0.2) is 19.3 Å². The molecule has 1 aromatic heterocycles. The minimum Gasteiger partial charge on any atom is -0.356 e. The van der Waals surface area contributed by atoms with Crippen molar-refractivity contribution >= 4 is 37.5 Å². The van der Waals surface area contributed by atoms with Crippen molar-refractivity contribution in [3.05, 3.63) is 46.2 Å². The van der Waals surface area contributed by atoms with Crippen LogP contribution in [0.2, 0.25) is 0 Å². The summed E-state index contributed by atoms with van der Waals surface area (Å²) in [5, 5.41) is 7.74. The van der Waals surface area contributed by atoms with Gasteiger partial charge in [-0.25, -0.2) is 13.6 Å². The van der Waals surface area contributed by atoms with Crippen molar-refractivity contribution in [2.45, 2.75) is 11.8 Å². The molecule has 0 saturated carbocycles. The second-order valence-electron chi connectivity index (χ2n) is 4.21. The number of aryl methyl sites for hydroxylation is 1. The van der Waals surface area contributed by atoms with Gasteiger partial charge in [-0.1, -0.05) is 0 Å². The number of halogens is 1. The van der Waals surface area contributed by atoms with Gasteiger partial charge in [0.2, 0.25) is 10.0 Å². The Morgan fingerprint density at radius 2 is 2.05 bits per heavy atom. The molecule has 1 heterocycles. The van der Waals surface area contributed by atoms with Crippen molar-refractivity contribution in [3.63, 3.8) is 0 Å². The van der Waals surface area contributed by atoms with E-state index in [0.717, 1.165) is 4.47 Å². The average Bonchev–Trinajstić information content (AvgIpc) is 2.77. The SMILES string of the molecule is Cc1cc(S(N)(=O)=O)ccc1NC(=O)c1cc(Br)c[nH]1. The summed E-state index contributed by atoms with van der Waals surface area (Å²) in [7, 11) is -3.74. The molecule has 1 amide bonds. The van der Waals surface area contributed by atoms with Crippen LogP contribution in [0.3, 0.4) is 0 Å². The van der Waals surface area contributed by atoms with Gasteiger partial charge in [0.1, 0.15) is 5.69 Å². The molecule has 8 heteroatoms. The van der Waals surface area contributed by atoms with Gasteiger partial charge in [0, 0.05) is 16.4 Å². The van der Waals surface area contributed by atoms with Crippen LogP contribution in [0.4, 0.5) is 5.69 Å². The number of hydrogen-bond donors (Lipinski definition) is 3. The van der Waals surface area contributed by atoms with Gasteiger partial charge in [-0.3, -0.25) is 4.79 Å². The highest BCUT2D eigenvalue weighted by molar-refractivity contribution is 9.10. The molecule has 2 rings (SSSR count). The van der Waals surface area contributed by atoms with E-state index in [9.17, 15) is 13.2 Å². The lowest BCUT2D eigenvalue weighted by Crippen LogP contribution is -2.15. The van der Waals surface area contributed by atoms with E-state index < -0.39 is 10.0 Å². The molecule has 106 valence electrons. The number of sulfonamides is 1. The summed E-state index contributed by atoms with van der Waals surface area (Å²) in [6.07, 6.45) is 1.64. The lowest BCUT2D eigenvalue weighted by molar-refractivity contribution is 0.102. The highest BCUT2D eigenvalue weighted by atomic mass is 79.9. The maximum atomic E-state index is 12.0. The molecule has 6 nitrogen and oxygen atoms in total. The summed E-state index contributed by atoms with van der Waals surface area (Å²) in [5.74, 6) is -0.317. The predicted molar refractivity (Wildman–Crippen MR) is 79.0 cm³/mol. The number of nitrogens with two attached hydrogens (primary N) is 1. The summed E-state index contributed by atoms with van der Waals surface area (Å²) in [6.45, 7) is 1.69. The zero-order chi connectivity index (χ0) is 14.9. The number of hydrogen-bond acceptors (Lipinski definition) is 3. The highest BCUT2D eigenvalue weighted by Gasteiger charge is 2.12. The van der Waals surface area contributed by atoms with Gasteiger partial charge in [0.05, 0.1) is 4.90 Å². The number of rotatable bonds is 3. The summed E-state index contributed by atoms with van der Waals surface area (Å²) in [6, 6.07) is 5.91. The third-order valence-electron chi connectivity index (χ3n) is 2.67. The van der Waals surface area contributed by atoms with Gasteiger partial charge in [0.25, 0.3) is 5.91 Å². The highest BCUT2D eigenvalue weighted by Crippen LogP contribution is 2.20. The number of primary sulfonamides is 1. The van der Waals surface area contributed by atoms with Crippen molar-refractivity contribution in [1.82, 2.24) is 4.98 Å². The normalized spacial score (nSPS) is 11.3. The predicted octanol–water partition coefficient (Wildman–Crippen LogP) is 1.99. The number of anilines is 1. The van der Waals surface area contributed by atoms with E-state index in [1.807, 2.05) is 0 Å². The minimum absolute atomic E-state index is 0.00983. The van der Waals surface area contributed by atoms with E-state index in [-0.39, 0.29) is 10.8 Å². The van der Waals surface area contributed by atoms with Crippen molar-refractivity contribution in [1.29, 1.82) is 0 Å². The van der Waals surface area contributed by atoms with Gasteiger partial charge >= 0.3 is 0 Å². The Morgan fingerprint density at radius 1 is 1.35 bits per heavy atom. The van der Waals surface area contributed by atoms with Gasteiger partial charge in [-0.15, -0.1) is 0 Å². The van der Waals surface area contributed by atoms with Crippen LogP contribution in [0, 0.1) is 6.92 Å². The molecular formula is C12H12BrN3O3S. The fourth-order valence-corrected chi connectivity index (χ4v) is 2.58. The fraction of sp³-hybridized carbons (Fsp3) is 0.0833. The Labute approximate surface area is 124 Å². The molecule has 20 heavy (non-hydrogen) atoms. The first-order valence-corrected chi connectivity index (χ1v) is 7.90. The second kappa shape index (κ2) is 5.39. The maximum Gasteiger partial charge on any atom is 0.272 e. The van der Waals surface area contributed by atoms with Gasteiger partial charge in [0.15, 0.2) is 0 Å². The average molecular weight is 358 g/mol. The summed E-state index contributed by atoms with van der Waals surface area (Å²) in [5.41, 5.74) is 1.52. The zero-order valence-corrected chi connectivity index (χ0v) is 12.9. The Bertz CT molecular complexity index is 768. The van der Waals surface area contributed by atoms with Crippen molar-refractivity contribution in [2.75, 3.05) is 5.32 Å². The number of carbonyl (C=O) groups is 1. The number of aromatic nitrogens is 1. The lowest BCUT2D eigenvalue weighted by Gasteiger charge is -2.08. The van der Waals surface area contributed by atoms with E-state index >= 15 is 0 Å². The number of aromatic amines is 1. The summed E-state index contributed by atoms with van der Waals surface area (Å²) in [4.78, 5) is 14.8. The quantitative estimate of drug-likeness (QED) is 0.781. The largest absolute Gasteiger partial charge is 0.356 e. The Kier molecular flexibility index (Phi) is 3.98. The molecule has 4 N–H and O–H groups in total. The van der Waals surface area contributed by atoms with Crippen molar-refractivity contribution in [2.24, 2.45) is 5.14 Å². The molecule has 0 aliphatic rings. The molecule has 0 bridgehead atoms. The number of carbonyl (C=O) groups excluding carboxylic acids is 1. The van der Waals surface area contributed by atoms with Gasteiger partial charge in [-0.05, 0) is 52.7 Å². The molecule has 1 aromatic carbocycles. The van der Waals surface area contributed by atoms with Crippen LogP contribution < -0.4 is 10.5 Å². The van der Waals surface area contributed by atoms with Crippen LogP contribution in [0.1, 0.15) is 16.1 Å². The first-order valence-electron chi connectivity index (χ1n) is 5.56. The monoisotopic (exact) mass is 357 g/mol. The Morgan fingerprint density at radius 3 is 2.55 bits per heavy atom. The van der Waals surface area contributed by atoms with Crippen molar-refractivity contribution in [3.8, 4) is 0 Å². The van der Waals surface area contributed by atoms with Gasteiger partial charge < -0.3 is 10.3 Å². The van der Waals surface area contributed by atoms with Crippen LogP contribution in [0.15, 0.2) is 39.8 Å². The first kappa shape index (κ1) is 14.8. The summed E-state index contributed by atoms with van der Waals surface area (Å²) < 4.78 is 23.2. The standard InChI is InChI=1S/C12H12BrN3O3S/c1-7-4-9(20(14,18)19)2-3-10(7)16-12(17)11-5-8(13)6-15-11/h2-6,15H,1H3,(H,16,17)(H2,14,18,19). The van der Waals surface area contributed by atoms with Gasteiger partial charge in [-0.2, -0.15) is 0 Å². The number of amides is 1. The maximum absolute atomic E-state index is 12.0. The topological polar surface area (TPSA) is 105 Å². The number of H-pyrrole nitrogens is 1.